The summed E-state index contributed by atoms with van der Waals surface area (Å²) in [4.78, 5) is 15.7. The average molecular weight is 453 g/mol. The lowest BCUT2D eigenvalue weighted by molar-refractivity contribution is 0.723. The zero-order chi connectivity index (χ0) is 23.6. The first-order chi connectivity index (χ1) is 16.7. The number of aromatic nitrogens is 4. The SMILES string of the molecule is NCCCCc1ncc(-c2ccc(C#Cc3ccc(-c4cnc(CCCCN)[nH]4)cc3)cc2)[nH]1. The Morgan fingerprint density at radius 2 is 1.00 bits per heavy atom. The highest BCUT2D eigenvalue weighted by molar-refractivity contribution is 5.62. The van der Waals surface area contributed by atoms with Gasteiger partial charge in [-0.3, -0.25) is 0 Å². The third-order valence-corrected chi connectivity index (χ3v) is 5.74. The zero-order valence-corrected chi connectivity index (χ0v) is 19.5. The number of hydrogen-bond acceptors (Lipinski definition) is 4. The minimum Gasteiger partial charge on any atom is -0.342 e. The molecule has 174 valence electrons. The van der Waals surface area contributed by atoms with Crippen LogP contribution in [0.1, 0.15) is 48.5 Å². The fourth-order valence-corrected chi connectivity index (χ4v) is 3.76. The van der Waals surface area contributed by atoms with Gasteiger partial charge in [0.2, 0.25) is 0 Å². The van der Waals surface area contributed by atoms with E-state index in [1.165, 1.54) is 0 Å². The Kier molecular flexibility index (Phi) is 8.28. The molecular weight excluding hydrogens is 420 g/mol. The summed E-state index contributed by atoms with van der Waals surface area (Å²) in [6.07, 6.45) is 9.78. The van der Waals surface area contributed by atoms with E-state index in [2.05, 4.69) is 56.0 Å². The summed E-state index contributed by atoms with van der Waals surface area (Å²) in [6.45, 7) is 1.45. The first-order valence-corrected chi connectivity index (χ1v) is 12.0. The molecular formula is C28H32N6. The summed E-state index contributed by atoms with van der Waals surface area (Å²) < 4.78 is 0. The maximum absolute atomic E-state index is 5.57. The number of aryl methyl sites for hydroxylation is 2. The van der Waals surface area contributed by atoms with Crippen molar-refractivity contribution >= 4 is 0 Å². The van der Waals surface area contributed by atoms with Crippen molar-refractivity contribution in [3.8, 4) is 34.4 Å². The molecule has 6 heteroatoms. The second kappa shape index (κ2) is 12.0. The third-order valence-electron chi connectivity index (χ3n) is 5.74. The molecule has 6 N–H and O–H groups in total. The Balaban J connectivity index is 1.36. The lowest BCUT2D eigenvalue weighted by atomic mass is 10.1. The number of imidazole rings is 2. The zero-order valence-electron chi connectivity index (χ0n) is 19.5. The number of unbranched alkanes of at least 4 members (excludes halogenated alkanes) is 2. The second-order valence-electron chi connectivity index (χ2n) is 8.38. The summed E-state index contributed by atoms with van der Waals surface area (Å²) in [6, 6.07) is 16.5. The number of H-pyrrole nitrogens is 2. The molecule has 0 aliphatic heterocycles. The van der Waals surface area contributed by atoms with Gasteiger partial charge in [-0.15, -0.1) is 0 Å². The minimum atomic E-state index is 0.723. The molecule has 0 fully saturated rings. The number of nitrogens with one attached hydrogen (secondary N) is 2. The van der Waals surface area contributed by atoms with Gasteiger partial charge in [-0.25, -0.2) is 9.97 Å². The number of benzene rings is 2. The molecule has 0 amide bonds. The fraction of sp³-hybridized carbons (Fsp3) is 0.286. The van der Waals surface area contributed by atoms with Gasteiger partial charge in [0, 0.05) is 24.0 Å². The average Bonchev–Trinajstić information content (AvgIpc) is 3.54. The third kappa shape index (κ3) is 6.44. The highest BCUT2D eigenvalue weighted by Gasteiger charge is 2.04. The molecule has 4 aromatic rings. The first-order valence-electron chi connectivity index (χ1n) is 12.0. The van der Waals surface area contributed by atoms with Crippen LogP contribution in [0.3, 0.4) is 0 Å². The molecule has 0 unspecified atom stereocenters. The van der Waals surface area contributed by atoms with Crippen molar-refractivity contribution < 1.29 is 0 Å². The Hall–Kier alpha value is -3.66. The Bertz CT molecular complexity index is 1130. The summed E-state index contributed by atoms with van der Waals surface area (Å²) in [5.74, 6) is 8.52. The van der Waals surface area contributed by atoms with Gasteiger partial charge in [-0.2, -0.15) is 0 Å². The van der Waals surface area contributed by atoms with Crippen molar-refractivity contribution in [2.45, 2.75) is 38.5 Å². The molecule has 0 bridgehead atoms. The highest BCUT2D eigenvalue weighted by atomic mass is 14.9. The van der Waals surface area contributed by atoms with Gasteiger partial charge in [0.25, 0.3) is 0 Å². The Morgan fingerprint density at radius 1 is 0.588 bits per heavy atom. The van der Waals surface area contributed by atoms with Crippen molar-refractivity contribution in [3.63, 3.8) is 0 Å². The van der Waals surface area contributed by atoms with Crippen molar-refractivity contribution in [1.29, 1.82) is 0 Å². The minimum absolute atomic E-state index is 0.723. The van der Waals surface area contributed by atoms with E-state index in [1.807, 2.05) is 36.7 Å². The molecule has 0 radical (unpaired) electrons. The predicted octanol–water partition coefficient (Wildman–Crippen LogP) is 4.43. The second-order valence-corrected chi connectivity index (χ2v) is 8.38. The quantitative estimate of drug-likeness (QED) is 0.211. The molecule has 4 rings (SSSR count). The van der Waals surface area contributed by atoms with E-state index in [0.29, 0.717) is 0 Å². The van der Waals surface area contributed by atoms with Gasteiger partial charge < -0.3 is 21.4 Å². The number of hydrogen-bond donors (Lipinski definition) is 4. The summed E-state index contributed by atoms with van der Waals surface area (Å²) >= 11 is 0. The lowest BCUT2D eigenvalue weighted by Crippen LogP contribution is -1.99. The maximum atomic E-state index is 5.57. The summed E-state index contributed by atoms with van der Waals surface area (Å²) in [5.41, 5.74) is 17.4. The van der Waals surface area contributed by atoms with Crippen LogP contribution in [-0.4, -0.2) is 33.0 Å². The van der Waals surface area contributed by atoms with E-state index in [1.54, 1.807) is 0 Å². The Labute approximate surface area is 201 Å². The standard InChI is InChI=1S/C28H32N6/c29-17-3-1-5-27-31-19-25(33-27)23-13-9-21(10-14-23)7-8-22-11-15-24(16-12-22)26-20-32-28(34-26)6-2-4-18-30/h9-16,19-20H,1-6,17-18,29-30H2,(H,31,33)(H,32,34). The fourth-order valence-electron chi connectivity index (χ4n) is 3.76. The molecule has 34 heavy (non-hydrogen) atoms. The molecule has 0 saturated carbocycles. The van der Waals surface area contributed by atoms with Crippen molar-refractivity contribution in [2.24, 2.45) is 11.5 Å². The summed E-state index contributed by atoms with van der Waals surface area (Å²) in [5, 5.41) is 0. The molecule has 0 aliphatic carbocycles. The Morgan fingerprint density at radius 3 is 1.38 bits per heavy atom. The maximum Gasteiger partial charge on any atom is 0.106 e. The van der Waals surface area contributed by atoms with Gasteiger partial charge >= 0.3 is 0 Å². The van der Waals surface area contributed by atoms with Crippen molar-refractivity contribution in [1.82, 2.24) is 19.9 Å². The van der Waals surface area contributed by atoms with Gasteiger partial charge in [0.15, 0.2) is 0 Å². The van der Waals surface area contributed by atoms with Gasteiger partial charge in [0.1, 0.15) is 11.6 Å². The van der Waals surface area contributed by atoms with Crippen molar-refractivity contribution in [3.05, 3.63) is 83.7 Å². The van der Waals surface area contributed by atoms with Crippen molar-refractivity contribution in [2.75, 3.05) is 13.1 Å². The van der Waals surface area contributed by atoms with Crippen LogP contribution in [0.15, 0.2) is 60.9 Å². The number of rotatable bonds is 10. The van der Waals surface area contributed by atoms with Crippen LogP contribution in [0.2, 0.25) is 0 Å². The van der Waals surface area contributed by atoms with E-state index in [-0.39, 0.29) is 0 Å². The lowest BCUT2D eigenvalue weighted by Gasteiger charge is -1.99. The molecule has 2 heterocycles. The molecule has 0 saturated heterocycles. The predicted molar refractivity (Wildman–Crippen MR) is 138 cm³/mol. The molecule has 0 atom stereocenters. The number of aromatic amines is 2. The smallest absolute Gasteiger partial charge is 0.106 e. The van der Waals surface area contributed by atoms with Gasteiger partial charge in [-0.05, 0) is 74.2 Å². The molecule has 6 nitrogen and oxygen atoms in total. The van der Waals surface area contributed by atoms with E-state index in [9.17, 15) is 0 Å². The number of nitrogens with zero attached hydrogens (tertiary/aromatic N) is 2. The molecule has 0 aliphatic rings. The number of nitrogens with two attached hydrogens (primary N) is 2. The van der Waals surface area contributed by atoms with Gasteiger partial charge in [0.05, 0.1) is 23.8 Å². The van der Waals surface area contributed by atoms with Crippen LogP contribution >= 0.6 is 0 Å². The van der Waals surface area contributed by atoms with Crippen LogP contribution in [0, 0.1) is 11.8 Å². The van der Waals surface area contributed by atoms with E-state index < -0.39 is 0 Å². The van der Waals surface area contributed by atoms with E-state index in [4.69, 9.17) is 11.5 Å². The van der Waals surface area contributed by atoms with E-state index in [0.717, 1.165) is 96.9 Å². The monoisotopic (exact) mass is 452 g/mol. The normalized spacial score (nSPS) is 10.8. The topological polar surface area (TPSA) is 109 Å². The molecule has 0 spiro atoms. The van der Waals surface area contributed by atoms with Crippen LogP contribution in [0.5, 0.6) is 0 Å². The van der Waals surface area contributed by atoms with Crippen LogP contribution in [-0.2, 0) is 12.8 Å². The van der Waals surface area contributed by atoms with Crippen LogP contribution < -0.4 is 11.5 Å². The summed E-state index contributed by atoms with van der Waals surface area (Å²) in [7, 11) is 0. The highest BCUT2D eigenvalue weighted by Crippen LogP contribution is 2.20. The van der Waals surface area contributed by atoms with E-state index >= 15 is 0 Å². The first kappa shape index (κ1) is 23.5. The van der Waals surface area contributed by atoms with Gasteiger partial charge in [-0.1, -0.05) is 36.1 Å². The molecule has 2 aromatic carbocycles. The molecule has 2 aromatic heterocycles. The van der Waals surface area contributed by atoms with Crippen LogP contribution in [0.4, 0.5) is 0 Å². The largest absolute Gasteiger partial charge is 0.342 e. The van der Waals surface area contributed by atoms with Crippen LogP contribution in [0.25, 0.3) is 22.5 Å².